The average Bonchev–Trinajstić information content (AvgIpc) is 2.00. The normalized spacial score (nSPS) is 16.4. The monoisotopic (exact) mass is 149 g/mol. The zero-order valence-corrected chi connectivity index (χ0v) is 5.40. The Morgan fingerprint density at radius 2 is 2.00 bits per heavy atom. The van der Waals surface area contributed by atoms with Gasteiger partial charge < -0.3 is 21.1 Å². The van der Waals surface area contributed by atoms with E-state index in [1.807, 2.05) is 0 Å². The molecule has 5 N–H and O–H groups in total. The second-order valence-electron chi connectivity index (χ2n) is 1.87. The highest BCUT2D eigenvalue weighted by atomic mass is 16.3. The van der Waals surface area contributed by atoms with Crippen molar-refractivity contribution in [3.8, 4) is 0 Å². The molecule has 0 amide bonds. The Kier molecular flexibility index (Phi) is 4.13. The van der Waals surface area contributed by atoms with Crippen molar-refractivity contribution < 1.29 is 20.1 Å². The Hall–Kier alpha value is -0.490. The minimum Gasteiger partial charge on any atom is -0.389 e. The molecular formula is C5H11NO4. The van der Waals surface area contributed by atoms with Gasteiger partial charge in [0, 0.05) is 6.54 Å². The van der Waals surface area contributed by atoms with Gasteiger partial charge in [-0.2, -0.15) is 0 Å². The number of nitrogens with two attached hydrogens (primary N) is 1. The van der Waals surface area contributed by atoms with E-state index in [2.05, 4.69) is 0 Å². The molecule has 0 saturated carbocycles. The summed E-state index contributed by atoms with van der Waals surface area (Å²) in [5, 5.41) is 25.7. The summed E-state index contributed by atoms with van der Waals surface area (Å²) in [5.74, 6) is -0.821. The molecule has 5 nitrogen and oxygen atoms in total. The van der Waals surface area contributed by atoms with E-state index >= 15 is 0 Å². The topological polar surface area (TPSA) is 104 Å². The summed E-state index contributed by atoms with van der Waals surface area (Å²) in [6.45, 7) is -0.981. The Morgan fingerprint density at radius 3 is 2.30 bits per heavy atom. The van der Waals surface area contributed by atoms with Gasteiger partial charge in [0.1, 0.15) is 12.7 Å². The molecule has 0 saturated heterocycles. The van der Waals surface area contributed by atoms with Crippen LogP contribution in [0, 0.1) is 0 Å². The maximum Gasteiger partial charge on any atom is 0.189 e. The van der Waals surface area contributed by atoms with Crippen LogP contribution in [0.25, 0.3) is 0 Å². The summed E-state index contributed by atoms with van der Waals surface area (Å²) in [7, 11) is 0. The third kappa shape index (κ3) is 2.40. The van der Waals surface area contributed by atoms with Gasteiger partial charge in [-0.15, -0.1) is 0 Å². The number of hydrogen-bond donors (Lipinski definition) is 4. The van der Waals surface area contributed by atoms with E-state index in [9.17, 15) is 4.79 Å². The maximum atomic E-state index is 10.4. The van der Waals surface area contributed by atoms with Crippen LogP contribution in [-0.4, -0.2) is 46.5 Å². The van der Waals surface area contributed by atoms with E-state index in [4.69, 9.17) is 21.1 Å². The minimum atomic E-state index is -1.56. The molecule has 0 heterocycles. The molecule has 0 aromatic heterocycles. The lowest BCUT2D eigenvalue weighted by molar-refractivity contribution is -0.135. The number of Topliss-reactive ketones (excluding diaryl/α,β-unsaturated/α-hetero) is 1. The van der Waals surface area contributed by atoms with Crippen LogP contribution >= 0.6 is 0 Å². The van der Waals surface area contributed by atoms with Gasteiger partial charge in [-0.3, -0.25) is 4.79 Å². The zero-order valence-electron chi connectivity index (χ0n) is 5.40. The van der Waals surface area contributed by atoms with Gasteiger partial charge in [0.2, 0.25) is 0 Å². The zero-order chi connectivity index (χ0) is 8.15. The van der Waals surface area contributed by atoms with E-state index in [0.29, 0.717) is 0 Å². The Morgan fingerprint density at radius 1 is 1.50 bits per heavy atom. The molecule has 0 aliphatic carbocycles. The molecule has 0 aliphatic heterocycles. The van der Waals surface area contributed by atoms with E-state index in [-0.39, 0.29) is 6.54 Å². The van der Waals surface area contributed by atoms with Gasteiger partial charge in [0.05, 0.1) is 6.10 Å². The highest BCUT2D eigenvalue weighted by Gasteiger charge is 2.21. The van der Waals surface area contributed by atoms with Crippen molar-refractivity contribution in [1.29, 1.82) is 0 Å². The molecule has 0 bridgehead atoms. The second-order valence-corrected chi connectivity index (χ2v) is 1.87. The van der Waals surface area contributed by atoms with Gasteiger partial charge in [0.15, 0.2) is 5.78 Å². The van der Waals surface area contributed by atoms with Gasteiger partial charge in [-0.25, -0.2) is 0 Å². The first-order chi connectivity index (χ1) is 4.63. The van der Waals surface area contributed by atoms with E-state index in [1.54, 1.807) is 0 Å². The fourth-order valence-electron chi connectivity index (χ4n) is 0.437. The Balaban J connectivity index is 3.81. The standard InChI is InChI=1S/C5H11NO4/c6-1-3(8)5(10)4(9)2-7/h3,5,7-8,10H,1-2,6H2. The first-order valence-corrected chi connectivity index (χ1v) is 2.83. The Labute approximate surface area is 58.1 Å². The fourth-order valence-corrected chi connectivity index (χ4v) is 0.437. The van der Waals surface area contributed by atoms with Gasteiger partial charge in [0.25, 0.3) is 0 Å². The Bertz CT molecular complexity index is 116. The number of ketones is 1. The van der Waals surface area contributed by atoms with Crippen LogP contribution in [0.4, 0.5) is 0 Å². The molecule has 0 fully saturated rings. The number of aliphatic hydroxyl groups is 3. The summed E-state index contributed by atoms with van der Waals surface area (Å²) in [6.07, 6.45) is -2.84. The number of hydrogen-bond acceptors (Lipinski definition) is 5. The van der Waals surface area contributed by atoms with Gasteiger partial charge in [-0.1, -0.05) is 0 Å². The van der Waals surface area contributed by atoms with Crippen LogP contribution in [0.5, 0.6) is 0 Å². The lowest BCUT2D eigenvalue weighted by Crippen LogP contribution is -2.40. The summed E-state index contributed by atoms with van der Waals surface area (Å²) >= 11 is 0. The predicted octanol–water partition coefficient (Wildman–Crippen LogP) is -2.77. The SMILES string of the molecule is NCC(O)C(O)C(=O)CO. The quantitative estimate of drug-likeness (QED) is 0.346. The van der Waals surface area contributed by atoms with Crippen molar-refractivity contribution in [3.63, 3.8) is 0 Å². The van der Waals surface area contributed by atoms with E-state index < -0.39 is 24.6 Å². The number of carbonyl (C=O) groups excluding carboxylic acids is 1. The van der Waals surface area contributed by atoms with Crippen LogP contribution in [-0.2, 0) is 4.79 Å². The molecule has 10 heavy (non-hydrogen) atoms. The number of aliphatic hydroxyl groups excluding tert-OH is 3. The number of rotatable bonds is 4. The highest BCUT2D eigenvalue weighted by molar-refractivity contribution is 5.84. The fraction of sp³-hybridized carbons (Fsp3) is 0.800. The molecule has 0 rings (SSSR count). The highest BCUT2D eigenvalue weighted by Crippen LogP contribution is 1.91. The summed E-state index contributed by atoms with van der Waals surface area (Å²) < 4.78 is 0. The first kappa shape index (κ1) is 9.51. The molecule has 0 aliphatic rings. The van der Waals surface area contributed by atoms with Crippen molar-refractivity contribution in [2.75, 3.05) is 13.2 Å². The molecule has 2 atom stereocenters. The van der Waals surface area contributed by atoms with Crippen LogP contribution in [0.1, 0.15) is 0 Å². The van der Waals surface area contributed by atoms with E-state index in [0.717, 1.165) is 0 Å². The molecule has 2 unspecified atom stereocenters. The maximum absolute atomic E-state index is 10.4. The van der Waals surface area contributed by atoms with Crippen molar-refractivity contribution in [2.45, 2.75) is 12.2 Å². The lowest BCUT2D eigenvalue weighted by atomic mass is 10.1. The third-order valence-electron chi connectivity index (χ3n) is 1.09. The van der Waals surface area contributed by atoms with Crippen molar-refractivity contribution in [3.05, 3.63) is 0 Å². The number of carbonyl (C=O) groups is 1. The third-order valence-corrected chi connectivity index (χ3v) is 1.09. The second kappa shape index (κ2) is 4.35. The van der Waals surface area contributed by atoms with Crippen molar-refractivity contribution in [2.24, 2.45) is 5.73 Å². The van der Waals surface area contributed by atoms with Crippen LogP contribution in [0.3, 0.4) is 0 Å². The first-order valence-electron chi connectivity index (χ1n) is 2.83. The molecule has 0 spiro atoms. The predicted molar refractivity (Wildman–Crippen MR) is 33.2 cm³/mol. The molecule has 0 radical (unpaired) electrons. The van der Waals surface area contributed by atoms with Gasteiger partial charge >= 0.3 is 0 Å². The van der Waals surface area contributed by atoms with Crippen molar-refractivity contribution >= 4 is 5.78 Å². The minimum absolute atomic E-state index is 0.201. The average molecular weight is 149 g/mol. The molecule has 60 valence electrons. The molecule has 0 aromatic rings. The van der Waals surface area contributed by atoms with Crippen LogP contribution < -0.4 is 5.73 Å². The summed E-state index contributed by atoms with van der Waals surface area (Å²) in [6, 6.07) is 0. The molecule has 0 aromatic carbocycles. The summed E-state index contributed by atoms with van der Waals surface area (Å²) in [5.41, 5.74) is 4.92. The van der Waals surface area contributed by atoms with Crippen LogP contribution in [0.15, 0.2) is 0 Å². The molecular weight excluding hydrogens is 138 g/mol. The van der Waals surface area contributed by atoms with Crippen LogP contribution in [0.2, 0.25) is 0 Å². The lowest BCUT2D eigenvalue weighted by Gasteiger charge is -2.12. The van der Waals surface area contributed by atoms with E-state index in [1.165, 1.54) is 0 Å². The summed E-state index contributed by atoms with van der Waals surface area (Å²) in [4.78, 5) is 10.4. The largest absolute Gasteiger partial charge is 0.389 e. The van der Waals surface area contributed by atoms with Crippen molar-refractivity contribution in [1.82, 2.24) is 0 Å². The van der Waals surface area contributed by atoms with Gasteiger partial charge in [-0.05, 0) is 0 Å². The smallest absolute Gasteiger partial charge is 0.189 e. The molecule has 5 heteroatoms.